The first-order chi connectivity index (χ1) is 8.06. The summed E-state index contributed by atoms with van der Waals surface area (Å²) in [5.74, 6) is 0.249. The van der Waals surface area contributed by atoms with E-state index in [1.165, 1.54) is 0 Å². The third-order valence-electron chi connectivity index (χ3n) is 2.80. The molecule has 0 amide bonds. The van der Waals surface area contributed by atoms with E-state index in [0.717, 1.165) is 23.6 Å². The highest BCUT2D eigenvalue weighted by Crippen LogP contribution is 2.17. The van der Waals surface area contributed by atoms with Gasteiger partial charge in [0.1, 0.15) is 10.7 Å². The maximum absolute atomic E-state index is 9.46. The number of phenolic OH excluding ortho intramolecular Hbond substituents is 1. The molecule has 17 heavy (non-hydrogen) atoms. The van der Waals surface area contributed by atoms with Crippen LogP contribution in [0.5, 0.6) is 5.75 Å². The zero-order valence-corrected chi connectivity index (χ0v) is 10.9. The Hall–Kier alpha value is -1.13. The Morgan fingerprint density at radius 3 is 2.59 bits per heavy atom. The summed E-state index contributed by atoms with van der Waals surface area (Å²) in [5, 5.41) is 9.46. The van der Waals surface area contributed by atoms with Crippen molar-refractivity contribution in [2.45, 2.75) is 26.1 Å². The molecule has 0 bridgehead atoms. The van der Waals surface area contributed by atoms with E-state index in [-0.39, 0.29) is 18.0 Å². The molecular formula is C13H17NO2S. The Bertz CT molecular complexity index is 412. The molecule has 0 unspecified atom stereocenters. The van der Waals surface area contributed by atoms with Crippen LogP contribution in [0, 0.1) is 0 Å². The maximum Gasteiger partial charge on any atom is 0.116 e. The smallest absolute Gasteiger partial charge is 0.116 e. The van der Waals surface area contributed by atoms with Crippen LogP contribution >= 0.6 is 12.2 Å². The maximum atomic E-state index is 9.46. The summed E-state index contributed by atoms with van der Waals surface area (Å²) in [6, 6.07) is 7.08. The lowest BCUT2D eigenvalue weighted by molar-refractivity contribution is -0.0472. The van der Waals surface area contributed by atoms with Gasteiger partial charge >= 0.3 is 0 Å². The second-order valence-corrected chi connectivity index (χ2v) is 4.90. The molecule has 1 aromatic rings. The average molecular weight is 251 g/mol. The Kier molecular flexibility index (Phi) is 3.64. The van der Waals surface area contributed by atoms with Crippen molar-refractivity contribution in [2.24, 2.45) is 0 Å². The minimum Gasteiger partial charge on any atom is -0.508 e. The number of hydrogen-bond acceptors (Lipinski definition) is 3. The fraction of sp³-hybridized carbons (Fsp3) is 0.462. The molecule has 1 heterocycles. The van der Waals surface area contributed by atoms with E-state index < -0.39 is 0 Å². The van der Waals surface area contributed by atoms with Crippen molar-refractivity contribution in [1.82, 2.24) is 4.90 Å². The predicted molar refractivity (Wildman–Crippen MR) is 71.4 cm³/mol. The zero-order chi connectivity index (χ0) is 12.4. The number of morpholine rings is 1. The fourth-order valence-corrected chi connectivity index (χ4v) is 2.44. The van der Waals surface area contributed by atoms with Gasteiger partial charge in [0.25, 0.3) is 0 Å². The van der Waals surface area contributed by atoms with E-state index in [0.29, 0.717) is 0 Å². The van der Waals surface area contributed by atoms with Gasteiger partial charge in [-0.3, -0.25) is 0 Å². The van der Waals surface area contributed by atoms with Gasteiger partial charge in [-0.2, -0.15) is 0 Å². The van der Waals surface area contributed by atoms with Crippen molar-refractivity contribution < 1.29 is 9.84 Å². The molecule has 92 valence electrons. The van der Waals surface area contributed by atoms with Crippen LogP contribution in [0.4, 0.5) is 0 Å². The summed E-state index contributed by atoms with van der Waals surface area (Å²) < 4.78 is 5.68. The molecule has 1 aromatic carbocycles. The second kappa shape index (κ2) is 5.02. The third kappa shape index (κ3) is 2.96. The van der Waals surface area contributed by atoms with Crippen molar-refractivity contribution in [3.63, 3.8) is 0 Å². The number of rotatable bonds is 1. The topological polar surface area (TPSA) is 32.7 Å². The molecule has 1 fully saturated rings. The summed E-state index contributed by atoms with van der Waals surface area (Å²) >= 11 is 5.47. The molecule has 1 N–H and O–H groups in total. The van der Waals surface area contributed by atoms with E-state index in [1.807, 2.05) is 26.0 Å². The van der Waals surface area contributed by atoms with Crippen LogP contribution in [-0.4, -0.2) is 40.3 Å². The van der Waals surface area contributed by atoms with Gasteiger partial charge in [0.2, 0.25) is 0 Å². The van der Waals surface area contributed by atoms with Gasteiger partial charge in [-0.15, -0.1) is 0 Å². The molecular weight excluding hydrogens is 234 g/mol. The highest BCUT2D eigenvalue weighted by atomic mass is 32.1. The van der Waals surface area contributed by atoms with Gasteiger partial charge in [-0.25, -0.2) is 0 Å². The summed E-state index contributed by atoms with van der Waals surface area (Å²) in [4.78, 5) is 2.92. The number of thiocarbonyl (C=S) groups is 1. The molecule has 0 aliphatic carbocycles. The van der Waals surface area contributed by atoms with Crippen molar-refractivity contribution in [1.29, 1.82) is 0 Å². The van der Waals surface area contributed by atoms with Gasteiger partial charge < -0.3 is 14.7 Å². The van der Waals surface area contributed by atoms with E-state index in [9.17, 15) is 5.11 Å². The normalized spacial score (nSPS) is 24.7. The van der Waals surface area contributed by atoms with E-state index in [4.69, 9.17) is 17.0 Å². The molecule has 1 aliphatic rings. The first-order valence-corrected chi connectivity index (χ1v) is 6.21. The van der Waals surface area contributed by atoms with Gasteiger partial charge in [0.05, 0.1) is 12.2 Å². The van der Waals surface area contributed by atoms with Crippen molar-refractivity contribution in [3.8, 4) is 5.75 Å². The number of hydrogen-bond donors (Lipinski definition) is 1. The average Bonchev–Trinajstić information content (AvgIpc) is 2.26. The number of benzene rings is 1. The second-order valence-electron chi connectivity index (χ2n) is 4.52. The standard InChI is InChI=1S/C13H17NO2S/c1-9-7-14(8-10(2)16-9)13(17)11-4-3-5-12(15)6-11/h3-6,9-10,15H,7-8H2,1-2H3/t9-,10-/m1/s1. The van der Waals surface area contributed by atoms with Crippen LogP contribution in [0.1, 0.15) is 19.4 Å². The molecule has 2 rings (SSSR count). The minimum atomic E-state index is 0.189. The summed E-state index contributed by atoms with van der Waals surface area (Å²) in [5.41, 5.74) is 0.890. The lowest BCUT2D eigenvalue weighted by Crippen LogP contribution is -2.47. The van der Waals surface area contributed by atoms with Gasteiger partial charge in [-0.05, 0) is 26.0 Å². The molecule has 0 spiro atoms. The first-order valence-electron chi connectivity index (χ1n) is 5.80. The van der Waals surface area contributed by atoms with Gasteiger partial charge in [-0.1, -0.05) is 24.4 Å². The van der Waals surface area contributed by atoms with E-state index >= 15 is 0 Å². The number of ether oxygens (including phenoxy) is 1. The molecule has 0 radical (unpaired) electrons. The largest absolute Gasteiger partial charge is 0.508 e. The number of phenols is 1. The first kappa shape index (κ1) is 12.3. The SMILES string of the molecule is C[C@@H]1CN(C(=S)c2cccc(O)c2)C[C@@H](C)O1. The van der Waals surface area contributed by atoms with Crippen LogP contribution < -0.4 is 0 Å². The molecule has 1 aliphatic heterocycles. The van der Waals surface area contributed by atoms with Crippen molar-refractivity contribution in [3.05, 3.63) is 29.8 Å². The van der Waals surface area contributed by atoms with Crippen LogP contribution in [-0.2, 0) is 4.74 Å². The molecule has 2 atom stereocenters. The van der Waals surface area contributed by atoms with E-state index in [1.54, 1.807) is 12.1 Å². The molecule has 4 heteroatoms. The molecule has 3 nitrogen and oxygen atoms in total. The monoisotopic (exact) mass is 251 g/mol. The third-order valence-corrected chi connectivity index (χ3v) is 3.29. The number of nitrogens with zero attached hydrogens (tertiary/aromatic N) is 1. The van der Waals surface area contributed by atoms with Crippen LogP contribution in [0.25, 0.3) is 0 Å². The lowest BCUT2D eigenvalue weighted by atomic mass is 10.1. The Morgan fingerprint density at radius 2 is 2.00 bits per heavy atom. The fourth-order valence-electron chi connectivity index (χ4n) is 2.17. The van der Waals surface area contributed by atoms with Crippen LogP contribution in [0.3, 0.4) is 0 Å². The van der Waals surface area contributed by atoms with Crippen molar-refractivity contribution >= 4 is 17.2 Å². The summed E-state index contributed by atoms with van der Waals surface area (Å²) in [7, 11) is 0. The Morgan fingerprint density at radius 1 is 1.35 bits per heavy atom. The van der Waals surface area contributed by atoms with Gasteiger partial charge in [0.15, 0.2) is 0 Å². The minimum absolute atomic E-state index is 0.189. The Labute approximate surface area is 107 Å². The lowest BCUT2D eigenvalue weighted by Gasteiger charge is -2.37. The van der Waals surface area contributed by atoms with Crippen LogP contribution in [0.2, 0.25) is 0 Å². The molecule has 0 aromatic heterocycles. The Balaban J connectivity index is 2.14. The quantitative estimate of drug-likeness (QED) is 0.775. The highest BCUT2D eigenvalue weighted by Gasteiger charge is 2.24. The highest BCUT2D eigenvalue weighted by molar-refractivity contribution is 7.80. The van der Waals surface area contributed by atoms with Crippen molar-refractivity contribution in [2.75, 3.05) is 13.1 Å². The number of aromatic hydroxyl groups is 1. The van der Waals surface area contributed by atoms with Gasteiger partial charge in [0, 0.05) is 18.7 Å². The zero-order valence-electron chi connectivity index (χ0n) is 10.1. The predicted octanol–water partition coefficient (Wildman–Crippen LogP) is 2.18. The summed E-state index contributed by atoms with van der Waals surface area (Å²) in [6.45, 7) is 5.71. The molecule has 0 saturated carbocycles. The van der Waals surface area contributed by atoms with E-state index in [2.05, 4.69) is 4.90 Å². The molecule has 1 saturated heterocycles. The van der Waals surface area contributed by atoms with Crippen LogP contribution in [0.15, 0.2) is 24.3 Å². The summed E-state index contributed by atoms with van der Waals surface area (Å²) in [6.07, 6.45) is 0.378.